The van der Waals surface area contributed by atoms with Gasteiger partial charge in [0.25, 0.3) is 0 Å². The molecule has 5 nitrogen and oxygen atoms in total. The summed E-state index contributed by atoms with van der Waals surface area (Å²) in [6.07, 6.45) is 2.62. The Bertz CT molecular complexity index is 730. The van der Waals surface area contributed by atoms with E-state index in [-0.39, 0.29) is 12.5 Å². The minimum absolute atomic E-state index is 0.272. The number of aromatic nitrogens is 1. The molecule has 1 fully saturated rings. The lowest BCUT2D eigenvalue weighted by Gasteiger charge is -2.15. The quantitative estimate of drug-likeness (QED) is 0.832. The van der Waals surface area contributed by atoms with Crippen LogP contribution >= 0.6 is 0 Å². The molecule has 0 spiro atoms. The largest absolute Gasteiger partial charge is 0.350 e. The highest BCUT2D eigenvalue weighted by molar-refractivity contribution is 6.13. The first-order valence-electron chi connectivity index (χ1n) is 7.35. The summed E-state index contributed by atoms with van der Waals surface area (Å²) < 4.78 is 13.2. The van der Waals surface area contributed by atoms with Gasteiger partial charge < -0.3 is 10.6 Å². The van der Waals surface area contributed by atoms with Crippen LogP contribution in [-0.2, 0) is 16.1 Å². The first-order chi connectivity index (χ1) is 11.1. The van der Waals surface area contributed by atoms with Gasteiger partial charge in [-0.05, 0) is 43.2 Å². The maximum Gasteiger partial charge on any atom is 0.240 e. The molecule has 118 valence electrons. The van der Waals surface area contributed by atoms with Gasteiger partial charge in [-0.15, -0.1) is 0 Å². The van der Waals surface area contributed by atoms with Crippen molar-refractivity contribution in [2.24, 2.45) is 5.41 Å². The number of amides is 2. The number of carbonyl (C=O) groups excluding carboxylic acids is 2. The summed E-state index contributed by atoms with van der Waals surface area (Å²) in [7, 11) is 0. The van der Waals surface area contributed by atoms with E-state index >= 15 is 0 Å². The van der Waals surface area contributed by atoms with Crippen LogP contribution in [0, 0.1) is 11.2 Å². The van der Waals surface area contributed by atoms with Crippen molar-refractivity contribution in [2.75, 3.05) is 5.32 Å². The number of benzene rings is 1. The Kier molecular flexibility index (Phi) is 4.06. The molecule has 2 amide bonds. The smallest absolute Gasteiger partial charge is 0.240 e. The summed E-state index contributed by atoms with van der Waals surface area (Å²) in [5, 5.41) is 5.35. The highest BCUT2D eigenvalue weighted by atomic mass is 19.1. The van der Waals surface area contributed by atoms with E-state index in [4.69, 9.17) is 0 Å². The molecule has 1 aliphatic rings. The SMILES string of the molecule is O=C(NCc1ccccn1)C1(C(=O)Nc2cccc(F)c2)CC1. The summed E-state index contributed by atoms with van der Waals surface area (Å²) in [4.78, 5) is 28.8. The van der Waals surface area contributed by atoms with Gasteiger partial charge in [0, 0.05) is 11.9 Å². The second-order valence-corrected chi connectivity index (χ2v) is 5.55. The van der Waals surface area contributed by atoms with E-state index in [0.717, 1.165) is 5.69 Å². The molecule has 2 aromatic rings. The molecule has 3 rings (SSSR count). The van der Waals surface area contributed by atoms with E-state index in [1.165, 1.54) is 18.2 Å². The molecule has 0 aliphatic heterocycles. The second-order valence-electron chi connectivity index (χ2n) is 5.55. The summed E-state index contributed by atoms with van der Waals surface area (Å²) >= 11 is 0. The van der Waals surface area contributed by atoms with Gasteiger partial charge in [-0.3, -0.25) is 14.6 Å². The molecule has 0 unspecified atom stereocenters. The third-order valence-corrected chi connectivity index (χ3v) is 3.86. The van der Waals surface area contributed by atoms with Crippen LogP contribution in [0.4, 0.5) is 10.1 Å². The van der Waals surface area contributed by atoms with Crippen LogP contribution in [0.3, 0.4) is 0 Å². The molecule has 1 heterocycles. The number of carbonyl (C=O) groups is 2. The molecular formula is C17H16FN3O2. The number of halogens is 1. The van der Waals surface area contributed by atoms with Crippen LogP contribution in [0.5, 0.6) is 0 Å². The molecule has 0 bridgehead atoms. The number of nitrogens with one attached hydrogen (secondary N) is 2. The zero-order chi connectivity index (χ0) is 16.3. The molecule has 1 aliphatic carbocycles. The lowest BCUT2D eigenvalue weighted by molar-refractivity contribution is -0.134. The first-order valence-corrected chi connectivity index (χ1v) is 7.35. The van der Waals surface area contributed by atoms with E-state index in [9.17, 15) is 14.0 Å². The third-order valence-electron chi connectivity index (χ3n) is 3.86. The Morgan fingerprint density at radius 1 is 1.13 bits per heavy atom. The van der Waals surface area contributed by atoms with Crippen molar-refractivity contribution < 1.29 is 14.0 Å². The molecule has 1 aromatic heterocycles. The summed E-state index contributed by atoms with van der Waals surface area (Å²) in [6, 6.07) is 11.0. The van der Waals surface area contributed by atoms with E-state index < -0.39 is 17.1 Å². The first kappa shape index (κ1) is 15.1. The molecule has 0 atom stereocenters. The Hall–Kier alpha value is -2.76. The zero-order valence-corrected chi connectivity index (χ0v) is 12.4. The maximum absolute atomic E-state index is 13.2. The highest BCUT2D eigenvalue weighted by Crippen LogP contribution is 2.46. The molecule has 6 heteroatoms. The molecule has 0 radical (unpaired) electrons. The number of hydrogen-bond donors (Lipinski definition) is 2. The van der Waals surface area contributed by atoms with Crippen molar-refractivity contribution >= 4 is 17.5 Å². The van der Waals surface area contributed by atoms with Crippen molar-refractivity contribution in [1.29, 1.82) is 0 Å². The van der Waals surface area contributed by atoms with Gasteiger partial charge in [0.15, 0.2) is 0 Å². The van der Waals surface area contributed by atoms with E-state index in [1.54, 1.807) is 24.4 Å². The molecule has 2 N–H and O–H groups in total. The standard InChI is InChI=1S/C17H16FN3O2/c18-12-4-3-6-13(10-12)21-16(23)17(7-8-17)15(22)20-11-14-5-1-2-9-19-14/h1-6,9-10H,7-8,11H2,(H,20,22)(H,21,23). The second kappa shape index (κ2) is 6.16. The number of nitrogens with zero attached hydrogens (tertiary/aromatic N) is 1. The van der Waals surface area contributed by atoms with Crippen LogP contribution in [0.1, 0.15) is 18.5 Å². The Morgan fingerprint density at radius 2 is 1.96 bits per heavy atom. The number of anilines is 1. The molecule has 1 aromatic carbocycles. The average Bonchev–Trinajstić information content (AvgIpc) is 3.35. The van der Waals surface area contributed by atoms with E-state index in [2.05, 4.69) is 15.6 Å². The maximum atomic E-state index is 13.2. The number of hydrogen-bond acceptors (Lipinski definition) is 3. The van der Waals surface area contributed by atoms with Crippen molar-refractivity contribution in [3.8, 4) is 0 Å². The van der Waals surface area contributed by atoms with Gasteiger partial charge in [-0.2, -0.15) is 0 Å². The van der Waals surface area contributed by atoms with Gasteiger partial charge in [0.2, 0.25) is 11.8 Å². The Balaban J connectivity index is 1.62. The van der Waals surface area contributed by atoms with Gasteiger partial charge in [0.1, 0.15) is 11.2 Å². The minimum atomic E-state index is -1.05. The predicted octanol–water partition coefficient (Wildman–Crippen LogP) is 2.26. The lowest BCUT2D eigenvalue weighted by atomic mass is 10.0. The van der Waals surface area contributed by atoms with Crippen LogP contribution < -0.4 is 10.6 Å². The number of rotatable bonds is 5. The van der Waals surface area contributed by atoms with Crippen molar-refractivity contribution in [3.63, 3.8) is 0 Å². The fraction of sp³-hybridized carbons (Fsp3) is 0.235. The van der Waals surface area contributed by atoms with Gasteiger partial charge in [0.05, 0.1) is 12.2 Å². The van der Waals surface area contributed by atoms with Gasteiger partial charge in [-0.25, -0.2) is 4.39 Å². The molecule has 1 saturated carbocycles. The summed E-state index contributed by atoms with van der Waals surface area (Å²) in [6.45, 7) is 0.272. The van der Waals surface area contributed by atoms with Crippen LogP contribution in [0.2, 0.25) is 0 Å². The van der Waals surface area contributed by atoms with Gasteiger partial charge in [-0.1, -0.05) is 12.1 Å². The van der Waals surface area contributed by atoms with Crippen molar-refractivity contribution in [2.45, 2.75) is 19.4 Å². The van der Waals surface area contributed by atoms with Gasteiger partial charge >= 0.3 is 0 Å². The van der Waals surface area contributed by atoms with Crippen molar-refractivity contribution in [3.05, 3.63) is 60.2 Å². The zero-order valence-electron chi connectivity index (χ0n) is 12.4. The molecular weight excluding hydrogens is 297 g/mol. The highest BCUT2D eigenvalue weighted by Gasteiger charge is 2.56. The summed E-state index contributed by atoms with van der Waals surface area (Å²) in [5.41, 5.74) is 0.0159. The van der Waals surface area contributed by atoms with Crippen LogP contribution in [0.25, 0.3) is 0 Å². The van der Waals surface area contributed by atoms with Crippen LogP contribution in [-0.4, -0.2) is 16.8 Å². The fourth-order valence-electron chi connectivity index (χ4n) is 2.34. The topological polar surface area (TPSA) is 71.1 Å². The predicted molar refractivity (Wildman–Crippen MR) is 82.8 cm³/mol. The van der Waals surface area contributed by atoms with Crippen molar-refractivity contribution in [1.82, 2.24) is 10.3 Å². The molecule has 23 heavy (non-hydrogen) atoms. The average molecular weight is 313 g/mol. The monoisotopic (exact) mass is 313 g/mol. The van der Waals surface area contributed by atoms with Crippen LogP contribution in [0.15, 0.2) is 48.7 Å². The fourth-order valence-corrected chi connectivity index (χ4v) is 2.34. The lowest BCUT2D eigenvalue weighted by Crippen LogP contribution is -2.39. The minimum Gasteiger partial charge on any atom is -0.350 e. The van der Waals surface area contributed by atoms with E-state index in [0.29, 0.717) is 18.5 Å². The Labute approximate surface area is 132 Å². The third kappa shape index (κ3) is 3.36. The number of pyridine rings is 1. The molecule has 0 saturated heterocycles. The Morgan fingerprint density at radius 3 is 2.61 bits per heavy atom. The normalized spacial score (nSPS) is 14.8. The van der Waals surface area contributed by atoms with E-state index in [1.807, 2.05) is 6.07 Å². The summed E-state index contributed by atoms with van der Waals surface area (Å²) in [5.74, 6) is -1.16.